The minimum atomic E-state index is -0.429. The summed E-state index contributed by atoms with van der Waals surface area (Å²) in [7, 11) is 0. The van der Waals surface area contributed by atoms with E-state index in [0.717, 1.165) is 5.56 Å². The standard InChI is InChI=1S/C14H10Br2O3/c1-7-3-2-4-8(5-7)13(18)11-12(16)9(15)6-10(17)14(11)19/h2-6,17,19H,1H3. The van der Waals surface area contributed by atoms with Gasteiger partial charge >= 0.3 is 0 Å². The SMILES string of the molecule is Cc1cccc(C(=O)c2c(O)c(O)cc(Br)c2Br)c1. The van der Waals surface area contributed by atoms with Crippen molar-refractivity contribution in [3.63, 3.8) is 0 Å². The maximum absolute atomic E-state index is 12.4. The van der Waals surface area contributed by atoms with Crippen molar-refractivity contribution in [3.8, 4) is 11.5 Å². The molecule has 2 aromatic carbocycles. The van der Waals surface area contributed by atoms with Crippen LogP contribution in [0.2, 0.25) is 0 Å². The highest BCUT2D eigenvalue weighted by molar-refractivity contribution is 9.13. The molecule has 0 bridgehead atoms. The van der Waals surface area contributed by atoms with Crippen LogP contribution in [0, 0.1) is 6.92 Å². The third-order valence-electron chi connectivity index (χ3n) is 2.68. The minimum absolute atomic E-state index is 0.0393. The molecule has 0 aromatic heterocycles. The Morgan fingerprint density at radius 3 is 2.47 bits per heavy atom. The fraction of sp³-hybridized carbons (Fsp3) is 0.0714. The van der Waals surface area contributed by atoms with Crippen molar-refractivity contribution in [3.05, 3.63) is 56.0 Å². The average Bonchev–Trinajstić information content (AvgIpc) is 2.36. The Morgan fingerprint density at radius 2 is 1.84 bits per heavy atom. The van der Waals surface area contributed by atoms with E-state index in [1.165, 1.54) is 6.07 Å². The van der Waals surface area contributed by atoms with Crippen molar-refractivity contribution < 1.29 is 15.0 Å². The van der Waals surface area contributed by atoms with Gasteiger partial charge in [-0.05, 0) is 50.9 Å². The van der Waals surface area contributed by atoms with Crippen LogP contribution in [0.15, 0.2) is 39.3 Å². The van der Waals surface area contributed by atoms with Gasteiger partial charge in [0.1, 0.15) is 0 Å². The molecule has 3 nitrogen and oxygen atoms in total. The van der Waals surface area contributed by atoms with Crippen molar-refractivity contribution in [2.24, 2.45) is 0 Å². The molecule has 19 heavy (non-hydrogen) atoms. The molecule has 0 aliphatic rings. The van der Waals surface area contributed by atoms with Crippen molar-refractivity contribution >= 4 is 37.6 Å². The lowest BCUT2D eigenvalue weighted by atomic mass is 10.0. The molecule has 0 aliphatic carbocycles. The van der Waals surface area contributed by atoms with Crippen LogP contribution < -0.4 is 0 Å². The van der Waals surface area contributed by atoms with E-state index in [1.54, 1.807) is 18.2 Å². The summed E-state index contributed by atoms with van der Waals surface area (Å²) in [4.78, 5) is 12.4. The molecule has 0 saturated heterocycles. The molecule has 5 heteroatoms. The normalized spacial score (nSPS) is 10.5. The lowest BCUT2D eigenvalue weighted by Crippen LogP contribution is -2.03. The third-order valence-corrected chi connectivity index (χ3v) is 4.66. The second-order valence-electron chi connectivity index (χ2n) is 4.11. The van der Waals surface area contributed by atoms with Crippen molar-refractivity contribution in [1.29, 1.82) is 0 Å². The highest BCUT2D eigenvalue weighted by Crippen LogP contribution is 2.40. The van der Waals surface area contributed by atoms with Gasteiger partial charge in [-0.25, -0.2) is 0 Å². The van der Waals surface area contributed by atoms with Gasteiger partial charge in [0.15, 0.2) is 17.3 Å². The fourth-order valence-electron chi connectivity index (χ4n) is 1.74. The Morgan fingerprint density at radius 1 is 1.16 bits per heavy atom. The maximum Gasteiger partial charge on any atom is 0.198 e. The summed E-state index contributed by atoms with van der Waals surface area (Å²) >= 11 is 6.46. The summed E-state index contributed by atoms with van der Waals surface area (Å²) in [5, 5.41) is 19.5. The number of benzene rings is 2. The molecule has 0 aliphatic heterocycles. The molecule has 2 rings (SSSR count). The number of ketones is 1. The molecule has 0 spiro atoms. The van der Waals surface area contributed by atoms with Gasteiger partial charge in [-0.15, -0.1) is 0 Å². The number of carbonyl (C=O) groups is 1. The Hall–Kier alpha value is -1.33. The molecule has 0 fully saturated rings. The molecule has 2 aromatic rings. The van der Waals surface area contributed by atoms with E-state index in [9.17, 15) is 15.0 Å². The Labute approximate surface area is 127 Å². The first-order valence-electron chi connectivity index (χ1n) is 5.43. The number of aromatic hydroxyl groups is 2. The summed E-state index contributed by atoms with van der Waals surface area (Å²) in [6.07, 6.45) is 0. The molecule has 0 atom stereocenters. The maximum atomic E-state index is 12.4. The monoisotopic (exact) mass is 384 g/mol. The van der Waals surface area contributed by atoms with E-state index in [4.69, 9.17) is 0 Å². The summed E-state index contributed by atoms with van der Waals surface area (Å²) in [6, 6.07) is 8.37. The van der Waals surface area contributed by atoms with E-state index in [2.05, 4.69) is 31.9 Å². The largest absolute Gasteiger partial charge is 0.504 e. The summed E-state index contributed by atoms with van der Waals surface area (Å²) in [5.41, 5.74) is 1.44. The Kier molecular flexibility index (Phi) is 3.96. The van der Waals surface area contributed by atoms with Crippen LogP contribution in [0.25, 0.3) is 0 Å². The van der Waals surface area contributed by atoms with Crippen molar-refractivity contribution in [2.45, 2.75) is 6.92 Å². The molecule has 0 radical (unpaired) electrons. The zero-order chi connectivity index (χ0) is 14.2. The molecule has 0 saturated carbocycles. The number of hydrogen-bond donors (Lipinski definition) is 2. The lowest BCUT2D eigenvalue weighted by Gasteiger charge is -2.10. The smallest absolute Gasteiger partial charge is 0.198 e. The number of phenols is 2. The van der Waals surface area contributed by atoms with Crippen LogP contribution >= 0.6 is 31.9 Å². The molecule has 0 amide bonds. The van der Waals surface area contributed by atoms with Gasteiger partial charge in [-0.2, -0.15) is 0 Å². The van der Waals surface area contributed by atoms with Crippen molar-refractivity contribution in [2.75, 3.05) is 0 Å². The van der Waals surface area contributed by atoms with Gasteiger partial charge in [-0.3, -0.25) is 4.79 Å². The van der Waals surface area contributed by atoms with Gasteiger partial charge in [0.2, 0.25) is 0 Å². The first-order chi connectivity index (χ1) is 8.91. The van der Waals surface area contributed by atoms with Gasteiger partial charge in [0.05, 0.1) is 5.56 Å². The highest BCUT2D eigenvalue weighted by atomic mass is 79.9. The van der Waals surface area contributed by atoms with Crippen LogP contribution in [0.5, 0.6) is 11.5 Å². The zero-order valence-electron chi connectivity index (χ0n) is 9.95. The number of carbonyl (C=O) groups excluding carboxylic acids is 1. The first kappa shape index (κ1) is 14.1. The van der Waals surface area contributed by atoms with Crippen LogP contribution in [0.3, 0.4) is 0 Å². The Balaban J connectivity index is 2.62. The number of halogens is 2. The molecular formula is C14H10Br2O3. The molecular weight excluding hydrogens is 376 g/mol. The van der Waals surface area contributed by atoms with Crippen LogP contribution in [0.4, 0.5) is 0 Å². The highest BCUT2D eigenvalue weighted by Gasteiger charge is 2.22. The predicted octanol–water partition coefficient (Wildman–Crippen LogP) is 4.16. The van der Waals surface area contributed by atoms with Gasteiger partial charge in [-0.1, -0.05) is 23.8 Å². The number of hydrogen-bond acceptors (Lipinski definition) is 3. The van der Waals surface area contributed by atoms with Crippen molar-refractivity contribution in [1.82, 2.24) is 0 Å². The zero-order valence-corrected chi connectivity index (χ0v) is 13.1. The predicted molar refractivity (Wildman–Crippen MR) is 79.8 cm³/mol. The van der Waals surface area contributed by atoms with Gasteiger partial charge in [0.25, 0.3) is 0 Å². The van der Waals surface area contributed by atoms with Crippen LogP contribution in [-0.4, -0.2) is 16.0 Å². The fourth-order valence-corrected chi connectivity index (χ4v) is 2.64. The molecule has 98 valence electrons. The van der Waals surface area contributed by atoms with Gasteiger partial charge in [0, 0.05) is 14.5 Å². The minimum Gasteiger partial charge on any atom is -0.504 e. The number of rotatable bonds is 2. The lowest BCUT2D eigenvalue weighted by molar-refractivity contribution is 0.103. The molecule has 2 N–H and O–H groups in total. The first-order valence-corrected chi connectivity index (χ1v) is 7.01. The second kappa shape index (κ2) is 5.35. The Bertz CT molecular complexity index is 640. The molecule has 0 unspecified atom stereocenters. The van der Waals surface area contributed by atoms with E-state index >= 15 is 0 Å². The average molecular weight is 386 g/mol. The van der Waals surface area contributed by atoms with E-state index < -0.39 is 5.75 Å². The number of aryl methyl sites for hydroxylation is 1. The molecule has 0 heterocycles. The summed E-state index contributed by atoms with van der Waals surface area (Å²) in [6.45, 7) is 1.88. The van der Waals surface area contributed by atoms with Crippen LogP contribution in [-0.2, 0) is 0 Å². The third kappa shape index (κ3) is 2.67. The second-order valence-corrected chi connectivity index (χ2v) is 5.76. The van der Waals surface area contributed by atoms with Gasteiger partial charge < -0.3 is 10.2 Å². The summed E-state index contributed by atoms with van der Waals surface area (Å²) < 4.78 is 0.910. The van der Waals surface area contributed by atoms with E-state index in [1.807, 2.05) is 13.0 Å². The summed E-state index contributed by atoms with van der Waals surface area (Å²) in [5.74, 6) is -1.13. The number of phenolic OH excluding ortho intramolecular Hbond substituents is 2. The van der Waals surface area contributed by atoms with E-state index in [-0.39, 0.29) is 17.1 Å². The van der Waals surface area contributed by atoms with Crippen LogP contribution in [0.1, 0.15) is 21.5 Å². The quantitative estimate of drug-likeness (QED) is 0.602. The van der Waals surface area contributed by atoms with E-state index in [0.29, 0.717) is 14.5 Å². The topological polar surface area (TPSA) is 57.5 Å².